The van der Waals surface area contributed by atoms with Gasteiger partial charge in [0.05, 0.1) is 24.9 Å². The number of carbonyl (C=O) groups is 2. The number of furan rings is 1. The van der Waals surface area contributed by atoms with Crippen molar-refractivity contribution in [1.29, 1.82) is 0 Å². The highest BCUT2D eigenvalue weighted by molar-refractivity contribution is 5.87. The zero-order chi connectivity index (χ0) is 17.8. The summed E-state index contributed by atoms with van der Waals surface area (Å²) in [6, 6.07) is 9.48. The molecule has 8 heteroatoms. The lowest BCUT2D eigenvalue weighted by atomic mass is 10.2. The van der Waals surface area contributed by atoms with E-state index in [0.29, 0.717) is 16.9 Å². The van der Waals surface area contributed by atoms with Gasteiger partial charge in [-0.3, -0.25) is 14.2 Å². The summed E-state index contributed by atoms with van der Waals surface area (Å²) in [6.07, 6.45) is 1.51. The van der Waals surface area contributed by atoms with Crippen LogP contribution in [0.1, 0.15) is 18.7 Å². The van der Waals surface area contributed by atoms with Crippen molar-refractivity contribution in [1.82, 2.24) is 15.2 Å². The minimum atomic E-state index is -0.811. The lowest BCUT2D eigenvalue weighted by molar-refractivity contribution is -0.127. The molecule has 2 aromatic heterocycles. The van der Waals surface area contributed by atoms with Crippen LogP contribution in [-0.2, 0) is 16.1 Å². The minimum absolute atomic E-state index is 0.200. The molecule has 1 atom stereocenters. The van der Waals surface area contributed by atoms with E-state index in [9.17, 15) is 14.4 Å². The molecule has 0 saturated heterocycles. The molecule has 8 nitrogen and oxygen atoms in total. The Balaban J connectivity index is 1.59. The predicted molar refractivity (Wildman–Crippen MR) is 88.7 cm³/mol. The number of benzene rings is 1. The number of para-hydroxylation sites is 2. The molecule has 2 heterocycles. The van der Waals surface area contributed by atoms with Gasteiger partial charge in [0, 0.05) is 0 Å². The second-order valence-corrected chi connectivity index (χ2v) is 5.46. The first-order valence-electron chi connectivity index (χ1n) is 7.73. The molecule has 0 fully saturated rings. The Morgan fingerprint density at radius 3 is 2.72 bits per heavy atom. The molecule has 130 valence electrons. The Hall–Kier alpha value is -3.29. The van der Waals surface area contributed by atoms with Gasteiger partial charge in [0.15, 0.2) is 5.58 Å². The highest BCUT2D eigenvalue weighted by Gasteiger charge is 2.21. The Labute approximate surface area is 142 Å². The van der Waals surface area contributed by atoms with Gasteiger partial charge in [-0.1, -0.05) is 12.1 Å². The van der Waals surface area contributed by atoms with Crippen molar-refractivity contribution in [3.8, 4) is 0 Å². The number of hydrogen-bond acceptors (Lipinski definition) is 5. The lowest BCUT2D eigenvalue weighted by Gasteiger charge is -2.13. The summed E-state index contributed by atoms with van der Waals surface area (Å²) in [5.74, 6) is -0.821. The maximum Gasteiger partial charge on any atom is 0.420 e. The van der Waals surface area contributed by atoms with E-state index < -0.39 is 17.7 Å². The van der Waals surface area contributed by atoms with E-state index in [0.717, 1.165) is 0 Å². The minimum Gasteiger partial charge on any atom is -0.467 e. The second kappa shape index (κ2) is 7.08. The molecular formula is C17H17N3O5. The van der Waals surface area contributed by atoms with Crippen LogP contribution in [-0.4, -0.2) is 22.9 Å². The standard InChI is InChI=1S/C17H17N3O5/c1-11(20-13-6-2-3-7-14(13)25-17(20)23)16(22)19-10-15(21)18-9-12-5-4-8-24-12/h2-8,11H,9-10H2,1H3,(H,18,21)(H,19,22). The first kappa shape index (κ1) is 16.6. The van der Waals surface area contributed by atoms with Crippen LogP contribution in [0, 0.1) is 0 Å². The predicted octanol–water partition coefficient (Wildman–Crippen LogP) is 1.18. The summed E-state index contributed by atoms with van der Waals surface area (Å²) >= 11 is 0. The monoisotopic (exact) mass is 343 g/mol. The van der Waals surface area contributed by atoms with E-state index in [1.54, 1.807) is 43.3 Å². The summed E-state index contributed by atoms with van der Waals surface area (Å²) in [7, 11) is 0. The molecule has 2 amide bonds. The number of nitrogens with zero attached hydrogens (tertiary/aromatic N) is 1. The molecule has 3 aromatic rings. The average Bonchev–Trinajstić information content (AvgIpc) is 3.23. The van der Waals surface area contributed by atoms with Crippen LogP contribution in [0.2, 0.25) is 0 Å². The van der Waals surface area contributed by atoms with E-state index in [2.05, 4.69) is 10.6 Å². The molecular weight excluding hydrogens is 326 g/mol. The van der Waals surface area contributed by atoms with Gasteiger partial charge in [-0.05, 0) is 31.2 Å². The molecule has 1 unspecified atom stereocenters. The van der Waals surface area contributed by atoms with Crippen molar-refractivity contribution < 1.29 is 18.4 Å². The zero-order valence-corrected chi connectivity index (χ0v) is 13.5. The van der Waals surface area contributed by atoms with Gasteiger partial charge in [-0.15, -0.1) is 0 Å². The Bertz CT molecular complexity index is 939. The molecule has 0 spiro atoms. The fourth-order valence-corrected chi connectivity index (χ4v) is 2.44. The van der Waals surface area contributed by atoms with Crippen molar-refractivity contribution >= 4 is 22.9 Å². The summed E-state index contributed by atoms with van der Waals surface area (Å²) in [5, 5.41) is 5.13. The summed E-state index contributed by atoms with van der Waals surface area (Å²) in [6.45, 7) is 1.61. The van der Waals surface area contributed by atoms with Crippen LogP contribution in [0.4, 0.5) is 0 Å². The smallest absolute Gasteiger partial charge is 0.420 e. The summed E-state index contributed by atoms with van der Waals surface area (Å²) in [4.78, 5) is 36.0. The van der Waals surface area contributed by atoms with Gasteiger partial charge in [-0.2, -0.15) is 0 Å². The highest BCUT2D eigenvalue weighted by atomic mass is 16.4. The van der Waals surface area contributed by atoms with Crippen molar-refractivity contribution in [2.75, 3.05) is 6.54 Å². The molecule has 3 rings (SSSR count). The summed E-state index contributed by atoms with van der Waals surface area (Å²) < 4.78 is 11.5. The first-order chi connectivity index (χ1) is 12.1. The molecule has 25 heavy (non-hydrogen) atoms. The van der Waals surface area contributed by atoms with Crippen LogP contribution in [0.3, 0.4) is 0 Å². The molecule has 2 N–H and O–H groups in total. The Kier molecular flexibility index (Phi) is 4.69. The largest absolute Gasteiger partial charge is 0.467 e. The summed E-state index contributed by atoms with van der Waals surface area (Å²) in [5.41, 5.74) is 0.931. The Morgan fingerprint density at radius 1 is 1.16 bits per heavy atom. The van der Waals surface area contributed by atoms with Crippen molar-refractivity contribution in [2.24, 2.45) is 0 Å². The number of aromatic nitrogens is 1. The number of fused-ring (bicyclic) bond motifs is 1. The van der Waals surface area contributed by atoms with Crippen LogP contribution in [0.25, 0.3) is 11.1 Å². The SMILES string of the molecule is CC(C(=O)NCC(=O)NCc1ccco1)n1c(=O)oc2ccccc21. The number of carbonyl (C=O) groups excluding carboxylic acids is 2. The van der Waals surface area contributed by atoms with Crippen LogP contribution >= 0.6 is 0 Å². The van der Waals surface area contributed by atoms with Gasteiger partial charge in [0.2, 0.25) is 11.8 Å². The van der Waals surface area contributed by atoms with E-state index in [1.165, 1.54) is 10.8 Å². The van der Waals surface area contributed by atoms with E-state index in [4.69, 9.17) is 8.83 Å². The number of rotatable bonds is 6. The highest BCUT2D eigenvalue weighted by Crippen LogP contribution is 2.16. The molecule has 1 aromatic carbocycles. The first-order valence-corrected chi connectivity index (χ1v) is 7.73. The average molecular weight is 343 g/mol. The van der Waals surface area contributed by atoms with Gasteiger partial charge in [0.1, 0.15) is 11.8 Å². The topological polar surface area (TPSA) is 106 Å². The second-order valence-electron chi connectivity index (χ2n) is 5.46. The molecule has 0 aliphatic heterocycles. The zero-order valence-electron chi connectivity index (χ0n) is 13.5. The van der Waals surface area contributed by atoms with Crippen molar-refractivity contribution in [2.45, 2.75) is 19.5 Å². The fourth-order valence-electron chi connectivity index (χ4n) is 2.44. The van der Waals surface area contributed by atoms with Gasteiger partial charge < -0.3 is 19.5 Å². The number of nitrogens with one attached hydrogen (secondary N) is 2. The third-order valence-electron chi connectivity index (χ3n) is 3.75. The molecule has 0 aliphatic rings. The Morgan fingerprint density at radius 2 is 1.96 bits per heavy atom. The van der Waals surface area contributed by atoms with E-state index >= 15 is 0 Å². The number of hydrogen-bond donors (Lipinski definition) is 2. The van der Waals surface area contributed by atoms with Crippen molar-refractivity contribution in [3.63, 3.8) is 0 Å². The van der Waals surface area contributed by atoms with Crippen molar-refractivity contribution in [3.05, 3.63) is 59.0 Å². The third-order valence-corrected chi connectivity index (χ3v) is 3.75. The number of oxazole rings is 1. The van der Waals surface area contributed by atoms with Gasteiger partial charge >= 0.3 is 5.76 Å². The normalized spacial score (nSPS) is 12.0. The van der Waals surface area contributed by atoms with Crippen LogP contribution in [0.5, 0.6) is 0 Å². The molecule has 0 saturated carbocycles. The van der Waals surface area contributed by atoms with Crippen LogP contribution in [0.15, 0.2) is 56.3 Å². The quantitative estimate of drug-likeness (QED) is 0.699. The van der Waals surface area contributed by atoms with Crippen LogP contribution < -0.4 is 16.4 Å². The maximum atomic E-state index is 12.3. The molecule has 0 aliphatic carbocycles. The third kappa shape index (κ3) is 3.63. The molecule has 0 radical (unpaired) electrons. The van der Waals surface area contributed by atoms with Gasteiger partial charge in [0.25, 0.3) is 0 Å². The van der Waals surface area contributed by atoms with E-state index in [-0.39, 0.29) is 19.0 Å². The lowest BCUT2D eigenvalue weighted by Crippen LogP contribution is -2.40. The number of amides is 2. The fraction of sp³-hybridized carbons (Fsp3) is 0.235. The molecule has 0 bridgehead atoms. The van der Waals surface area contributed by atoms with E-state index in [1.807, 2.05) is 0 Å². The maximum absolute atomic E-state index is 12.3. The van der Waals surface area contributed by atoms with Gasteiger partial charge in [-0.25, -0.2) is 4.79 Å².